The van der Waals surface area contributed by atoms with E-state index < -0.39 is 9.84 Å². The molecule has 0 saturated heterocycles. The van der Waals surface area contributed by atoms with Gasteiger partial charge in [-0.2, -0.15) is 0 Å². The van der Waals surface area contributed by atoms with Crippen LogP contribution in [-0.4, -0.2) is 22.0 Å². The molecule has 0 saturated carbocycles. The summed E-state index contributed by atoms with van der Waals surface area (Å²) in [5.74, 6) is 2.41. The monoisotopic (exact) mass is 614 g/mol. The van der Waals surface area contributed by atoms with Crippen molar-refractivity contribution in [2.75, 3.05) is 13.6 Å². The minimum absolute atomic E-state index is 0.143. The molecule has 212 valence electrons. The lowest BCUT2D eigenvalue weighted by molar-refractivity contribution is -0.0177. The number of hydrogen-bond acceptors (Lipinski definition) is 8. The van der Waals surface area contributed by atoms with E-state index in [9.17, 15) is 8.42 Å². The first-order chi connectivity index (χ1) is 19.9. The maximum atomic E-state index is 13.2. The Morgan fingerprint density at radius 1 is 0.634 bits per heavy atom. The van der Waals surface area contributed by atoms with Crippen LogP contribution in [0.3, 0.4) is 0 Å². The summed E-state index contributed by atoms with van der Waals surface area (Å²) < 4.78 is 60.1. The fraction of sp³-hybridized carbons (Fsp3) is 0.200. The second-order valence-corrected chi connectivity index (χ2v) is 12.2. The van der Waals surface area contributed by atoms with Gasteiger partial charge in [-0.3, -0.25) is 0 Å². The molecule has 8 nitrogen and oxygen atoms in total. The zero-order chi connectivity index (χ0) is 28.4. The molecule has 0 aliphatic carbocycles. The predicted octanol–water partition coefficient (Wildman–Crippen LogP) is 6.72. The van der Waals surface area contributed by atoms with Crippen LogP contribution in [0, 0.1) is 0 Å². The molecule has 0 aromatic heterocycles. The average Bonchev–Trinajstić information content (AvgIpc) is 2.99. The van der Waals surface area contributed by atoms with Crippen LogP contribution in [0.1, 0.15) is 22.3 Å². The smallest absolute Gasteiger partial charge is 0.206 e. The van der Waals surface area contributed by atoms with E-state index in [0.29, 0.717) is 46.3 Å². The Balaban J connectivity index is 1.11. The third-order valence-corrected chi connectivity index (χ3v) is 8.78. The van der Waals surface area contributed by atoms with Gasteiger partial charge in [0.05, 0.1) is 23.0 Å². The highest BCUT2D eigenvalue weighted by molar-refractivity contribution is 7.91. The number of ether oxygens (including phenoxy) is 6. The summed E-state index contributed by atoms with van der Waals surface area (Å²) in [7, 11) is -3.76. The molecule has 4 aromatic carbocycles. The van der Waals surface area contributed by atoms with Crippen LogP contribution < -0.4 is 18.9 Å². The van der Waals surface area contributed by atoms with Crippen molar-refractivity contribution in [2.45, 2.75) is 36.2 Å². The number of fused-ring (bicyclic) bond motifs is 2. The maximum Gasteiger partial charge on any atom is 0.206 e. The standard InChI is InChI=1S/C30H24Cl2O8S/c31-23-9-19-13-35-17-39-29(19)21(11-23)15-37-25-1-5-27(6-2-25)41(33,34)28-7-3-26(4-8-28)38-16-22-12-24(32)10-20-14-36-18-40-30(20)22/h1-12H,13-18H2. The lowest BCUT2D eigenvalue weighted by atomic mass is 10.1. The highest BCUT2D eigenvalue weighted by atomic mass is 35.5. The largest absolute Gasteiger partial charge is 0.489 e. The summed E-state index contributed by atoms with van der Waals surface area (Å²) in [6, 6.07) is 19.7. The van der Waals surface area contributed by atoms with Gasteiger partial charge in [0, 0.05) is 32.3 Å². The van der Waals surface area contributed by atoms with Crippen molar-refractivity contribution in [1.82, 2.24) is 0 Å². The van der Waals surface area contributed by atoms with Gasteiger partial charge >= 0.3 is 0 Å². The molecule has 0 N–H and O–H groups in total. The number of sulfone groups is 1. The van der Waals surface area contributed by atoms with Gasteiger partial charge in [0.25, 0.3) is 0 Å². The number of rotatable bonds is 8. The van der Waals surface area contributed by atoms with Crippen LogP contribution >= 0.6 is 23.2 Å². The lowest BCUT2D eigenvalue weighted by Crippen LogP contribution is -2.14. The minimum atomic E-state index is -3.76. The third-order valence-electron chi connectivity index (χ3n) is 6.56. The van der Waals surface area contributed by atoms with Crippen molar-refractivity contribution in [3.63, 3.8) is 0 Å². The van der Waals surface area contributed by atoms with E-state index in [-0.39, 0.29) is 36.6 Å². The van der Waals surface area contributed by atoms with Gasteiger partial charge in [0.15, 0.2) is 13.6 Å². The summed E-state index contributed by atoms with van der Waals surface area (Å²) in [6.45, 7) is 1.56. The zero-order valence-electron chi connectivity index (χ0n) is 21.6. The first kappa shape index (κ1) is 27.7. The molecule has 2 heterocycles. The Bertz CT molecular complexity index is 1550. The van der Waals surface area contributed by atoms with Gasteiger partial charge in [-0.05, 0) is 72.8 Å². The fourth-order valence-electron chi connectivity index (χ4n) is 4.62. The average molecular weight is 615 g/mol. The molecule has 4 aromatic rings. The SMILES string of the molecule is O=S(=O)(c1ccc(OCc2cc(Cl)cc3c2OCOC3)cc1)c1ccc(OCc2cc(Cl)cc3c2OCOC3)cc1. The summed E-state index contributed by atoms with van der Waals surface area (Å²) in [6.07, 6.45) is 0. The summed E-state index contributed by atoms with van der Waals surface area (Å²) in [5.41, 5.74) is 3.28. The van der Waals surface area contributed by atoms with Gasteiger partial charge in [-0.1, -0.05) is 23.2 Å². The molecule has 2 aliphatic rings. The second-order valence-electron chi connectivity index (χ2n) is 9.35. The molecule has 0 atom stereocenters. The zero-order valence-corrected chi connectivity index (χ0v) is 23.9. The van der Waals surface area contributed by atoms with E-state index >= 15 is 0 Å². The third kappa shape index (κ3) is 6.10. The van der Waals surface area contributed by atoms with Crippen LogP contribution in [-0.2, 0) is 45.7 Å². The van der Waals surface area contributed by atoms with Crippen LogP contribution in [0.4, 0.5) is 0 Å². The van der Waals surface area contributed by atoms with Gasteiger partial charge in [0.1, 0.15) is 36.2 Å². The Hall–Kier alpha value is -3.47. The maximum absolute atomic E-state index is 13.2. The Morgan fingerprint density at radius 3 is 1.46 bits per heavy atom. The van der Waals surface area contributed by atoms with Crippen LogP contribution in [0.15, 0.2) is 82.6 Å². The van der Waals surface area contributed by atoms with Crippen LogP contribution in [0.5, 0.6) is 23.0 Å². The Kier molecular flexibility index (Phi) is 7.96. The number of hydrogen-bond donors (Lipinski definition) is 0. The van der Waals surface area contributed by atoms with Gasteiger partial charge in [-0.25, -0.2) is 8.42 Å². The Morgan fingerprint density at radius 2 is 1.05 bits per heavy atom. The molecule has 0 unspecified atom stereocenters. The van der Waals surface area contributed by atoms with Crippen molar-refractivity contribution >= 4 is 33.0 Å². The molecule has 41 heavy (non-hydrogen) atoms. The molecule has 0 bridgehead atoms. The molecule has 0 amide bonds. The molecule has 6 rings (SSSR count). The summed E-state index contributed by atoms with van der Waals surface area (Å²) >= 11 is 12.4. The van der Waals surface area contributed by atoms with E-state index in [0.717, 1.165) is 22.3 Å². The van der Waals surface area contributed by atoms with Crippen molar-refractivity contribution in [2.24, 2.45) is 0 Å². The summed E-state index contributed by atoms with van der Waals surface area (Å²) in [4.78, 5) is 0.285. The molecule has 0 spiro atoms. The van der Waals surface area contributed by atoms with E-state index in [1.165, 1.54) is 24.3 Å². The topological polar surface area (TPSA) is 89.5 Å². The summed E-state index contributed by atoms with van der Waals surface area (Å²) in [5, 5.41) is 1.11. The van der Waals surface area contributed by atoms with E-state index in [4.69, 9.17) is 51.6 Å². The number of halogens is 2. The first-order valence-electron chi connectivity index (χ1n) is 12.6. The molecule has 2 aliphatic heterocycles. The van der Waals surface area contributed by atoms with Crippen LogP contribution in [0.2, 0.25) is 10.0 Å². The quantitative estimate of drug-likeness (QED) is 0.216. The fourth-order valence-corrected chi connectivity index (χ4v) is 6.40. The van der Waals surface area contributed by atoms with Gasteiger partial charge < -0.3 is 28.4 Å². The van der Waals surface area contributed by atoms with Crippen molar-refractivity contribution < 1.29 is 36.8 Å². The number of benzene rings is 4. The molecule has 0 fully saturated rings. The van der Waals surface area contributed by atoms with Gasteiger partial charge in [0.2, 0.25) is 9.84 Å². The van der Waals surface area contributed by atoms with E-state index in [1.807, 2.05) is 0 Å². The van der Waals surface area contributed by atoms with Crippen molar-refractivity contribution in [3.8, 4) is 23.0 Å². The first-order valence-corrected chi connectivity index (χ1v) is 14.9. The molecule has 11 heteroatoms. The van der Waals surface area contributed by atoms with Crippen molar-refractivity contribution in [3.05, 3.63) is 105 Å². The Labute approximate surface area is 247 Å². The minimum Gasteiger partial charge on any atom is -0.489 e. The molecule has 0 radical (unpaired) electrons. The highest BCUT2D eigenvalue weighted by Crippen LogP contribution is 2.34. The van der Waals surface area contributed by atoms with Crippen LogP contribution in [0.25, 0.3) is 0 Å². The second kappa shape index (κ2) is 11.8. The van der Waals surface area contributed by atoms with E-state index in [2.05, 4.69) is 0 Å². The lowest BCUT2D eigenvalue weighted by Gasteiger charge is -2.21. The van der Waals surface area contributed by atoms with E-state index in [1.54, 1.807) is 48.5 Å². The molecular formula is C30H24Cl2O8S. The van der Waals surface area contributed by atoms with Gasteiger partial charge in [-0.15, -0.1) is 0 Å². The predicted molar refractivity (Wildman–Crippen MR) is 150 cm³/mol. The molecular weight excluding hydrogens is 591 g/mol. The van der Waals surface area contributed by atoms with Crippen molar-refractivity contribution in [1.29, 1.82) is 0 Å². The highest BCUT2D eigenvalue weighted by Gasteiger charge is 2.20. The normalized spacial score (nSPS) is 14.3.